The maximum atomic E-state index is 15.4. The second kappa shape index (κ2) is 30.8. The first kappa shape index (κ1) is 81.4. The number of ether oxygens (including phenoxy) is 14. The summed E-state index contributed by atoms with van der Waals surface area (Å²) in [5.74, 6) is -0.720. The lowest BCUT2D eigenvalue weighted by Gasteiger charge is -2.71. The van der Waals surface area contributed by atoms with Crippen LogP contribution in [0.2, 0.25) is 0 Å². The Morgan fingerprint density at radius 1 is 0.462 bits per heavy atom. The molecule has 4 saturated carbocycles. The number of esters is 1. The van der Waals surface area contributed by atoms with Crippen LogP contribution in [0.1, 0.15) is 127 Å². The van der Waals surface area contributed by atoms with E-state index in [9.17, 15) is 97.0 Å². The molecule has 19 N–H and O–H groups in total. The highest BCUT2D eigenvalue weighted by Crippen LogP contribution is 2.76. The van der Waals surface area contributed by atoms with E-state index in [1.807, 2.05) is 0 Å². The van der Waals surface area contributed by atoms with Gasteiger partial charge in [0.1, 0.15) is 146 Å². The van der Waals surface area contributed by atoms with Gasteiger partial charge in [-0.1, -0.05) is 60.1 Å². The highest BCUT2D eigenvalue weighted by atomic mass is 16.8. The molecule has 0 bridgehead atoms. The first-order valence-electron chi connectivity index (χ1n) is 36.9. The molecule has 0 aromatic rings. The van der Waals surface area contributed by atoms with Crippen LogP contribution in [0.25, 0.3) is 0 Å². The molecule has 12 rings (SSSR count). The molecule has 34 heteroatoms. The van der Waals surface area contributed by atoms with Crippen molar-refractivity contribution in [2.45, 2.75) is 335 Å². The van der Waals surface area contributed by atoms with Crippen molar-refractivity contribution in [3.63, 3.8) is 0 Å². The van der Waals surface area contributed by atoms with Crippen LogP contribution in [0.15, 0.2) is 11.6 Å². The molecule has 41 atom stereocenters. The largest absolute Gasteiger partial charge is 0.432 e. The topological polar surface area (TPSA) is 531 Å². The van der Waals surface area contributed by atoms with E-state index in [1.165, 1.54) is 19.4 Å². The van der Waals surface area contributed by atoms with E-state index in [1.54, 1.807) is 0 Å². The Kier molecular flexibility index (Phi) is 24.1. The Morgan fingerprint density at radius 3 is 1.68 bits per heavy atom. The summed E-state index contributed by atoms with van der Waals surface area (Å²) in [4.78, 5) is 15.4. The summed E-state index contributed by atoms with van der Waals surface area (Å²) >= 11 is 0. The lowest BCUT2D eigenvalue weighted by Crippen LogP contribution is -2.66. The minimum absolute atomic E-state index is 0.0702. The number of fused-ring (bicyclic) bond motifs is 7. The standard InChI is InChI=1S/C70H114O34/c1-26-38(74)44(80)49(85)59(94-26)101-54-32(22-72)97-57(52(88)47(54)83)92-24-33-42(78)46(82)51(87)61(99-33)104-64(90)70-18-16-65(3,4)20-29(70)28-10-11-36-67(7)14-13-37(66(5,6)35(67)12-15-69(36,9)68(28,8)17-19-70)100-63-56(40(76)30(73)23-91-63)103-62-53(89)55(39(75)27(2)95-62)102-58-48(84)43(79)34(25-93-58)98-60-50(86)45(81)41(77)31(21-71)96-60/h10,26-27,29-63,71-89H,11-25H2,1-9H3/t26-,27-,29-,30-,31+,32+,33+,34+,35-,36+,37-,38-,39-,40-,41+,42+,43-,44+,45-,46-,47+,48+,49+,50+,51+,52+,53+,54+,55+,56+,57+,58-,59-,60-,61-,62-,63-,67-,68+,69+,70-/m0/s1. The van der Waals surface area contributed by atoms with Gasteiger partial charge in [0, 0.05) is 0 Å². The van der Waals surface area contributed by atoms with Crippen LogP contribution in [0, 0.1) is 50.2 Å². The summed E-state index contributed by atoms with van der Waals surface area (Å²) in [6, 6.07) is 0. The molecular formula is C70H114O34. The molecule has 12 aliphatic rings. The summed E-state index contributed by atoms with van der Waals surface area (Å²) in [6.07, 6.45) is -45.9. The van der Waals surface area contributed by atoms with Gasteiger partial charge in [-0.05, 0) is 123 Å². The monoisotopic (exact) mass is 1500 g/mol. The number of carbonyl (C=O) groups is 1. The van der Waals surface area contributed by atoms with Crippen molar-refractivity contribution < 1.29 is 168 Å². The van der Waals surface area contributed by atoms with Gasteiger partial charge >= 0.3 is 5.97 Å². The zero-order valence-corrected chi connectivity index (χ0v) is 60.2. The summed E-state index contributed by atoms with van der Waals surface area (Å²) in [5, 5.41) is 207. The second-order valence-corrected chi connectivity index (χ2v) is 33.8. The number of rotatable bonds is 17. The molecule has 0 radical (unpaired) electrons. The third-order valence-corrected chi connectivity index (χ3v) is 26.9. The van der Waals surface area contributed by atoms with Gasteiger partial charge in [0.05, 0.1) is 56.8 Å². The molecule has 104 heavy (non-hydrogen) atoms. The molecule has 0 aromatic carbocycles. The molecule has 0 unspecified atom stereocenters. The molecule has 0 amide bonds. The minimum atomic E-state index is -1.92. The Hall–Kier alpha value is -2.07. The number of hydrogen-bond acceptors (Lipinski definition) is 34. The minimum Gasteiger partial charge on any atom is -0.432 e. The number of aliphatic hydroxyl groups is 19. The maximum absolute atomic E-state index is 15.4. The molecular weight excluding hydrogens is 1380 g/mol. The number of aliphatic hydroxyl groups excluding tert-OH is 19. The quantitative estimate of drug-likeness (QED) is 0.0368. The first-order chi connectivity index (χ1) is 48.8. The molecule has 0 aromatic heterocycles. The number of hydrogen-bond donors (Lipinski definition) is 19. The van der Waals surface area contributed by atoms with Gasteiger partial charge in [-0.3, -0.25) is 4.79 Å². The lowest BCUT2D eigenvalue weighted by molar-refractivity contribution is -0.382. The van der Waals surface area contributed by atoms with Crippen molar-refractivity contribution >= 4 is 5.97 Å². The fourth-order valence-corrected chi connectivity index (χ4v) is 20.2. The summed E-state index contributed by atoms with van der Waals surface area (Å²) < 4.78 is 83.2. The SMILES string of the molecule is C[C@@H]1O[C@@H](O[C@H]2[C@H](O)[C@@H](O)[C@H](OC[C@H]3O[C@@H](OC(=O)[C@]45CCC(C)(C)C[C@H]4C4=CC[C@@H]6[C@@]7(C)CC[C@H](O[C@@H]8OC[C@H](O)[C@H](O)[C@H]8O[C@@H]8O[C@@H](C)[C@H](O)[C@@H](O[C@@H]9OC[C@@H](O[C@@H]%10O[C@H](CO)[C@@H](O)[C@H](O)[C@H]%10O)[C@H](O)[C@H]9O)[C@H]8O)C(C)(C)[C@@H]7CC[C@@]6(C)[C@]4(C)CC5)[C@H](O)[C@@H](O)[C@@H]3O)O[C@@H]2CO)[C@H](O)[C@H](O)[C@H]1O. The molecule has 0 spiro atoms. The van der Waals surface area contributed by atoms with Crippen molar-refractivity contribution in [1.29, 1.82) is 0 Å². The lowest BCUT2D eigenvalue weighted by atomic mass is 9.33. The highest BCUT2D eigenvalue weighted by molar-refractivity contribution is 5.79. The molecule has 11 fully saturated rings. The second-order valence-electron chi connectivity index (χ2n) is 33.8. The van der Waals surface area contributed by atoms with Crippen molar-refractivity contribution in [2.24, 2.45) is 50.2 Å². The molecule has 7 heterocycles. The van der Waals surface area contributed by atoms with E-state index in [-0.39, 0.29) is 40.6 Å². The smallest absolute Gasteiger partial charge is 0.315 e. The van der Waals surface area contributed by atoms with Crippen LogP contribution in [-0.2, 0) is 71.1 Å². The van der Waals surface area contributed by atoms with Crippen LogP contribution < -0.4 is 0 Å². The Balaban J connectivity index is 0.696. The molecule has 598 valence electrons. The number of allylic oxidation sites excluding steroid dienone is 2. The van der Waals surface area contributed by atoms with Gasteiger partial charge in [-0.25, -0.2) is 0 Å². The number of carbonyl (C=O) groups excluding carboxylic acids is 1. The van der Waals surface area contributed by atoms with Crippen LogP contribution >= 0.6 is 0 Å². The van der Waals surface area contributed by atoms with Gasteiger partial charge in [0.15, 0.2) is 37.7 Å². The average molecular weight is 1500 g/mol. The predicted octanol–water partition coefficient (Wildman–Crippen LogP) is -5.23. The molecule has 7 saturated heterocycles. The van der Waals surface area contributed by atoms with Crippen molar-refractivity contribution in [3.05, 3.63) is 11.6 Å². The van der Waals surface area contributed by atoms with Crippen molar-refractivity contribution in [2.75, 3.05) is 33.0 Å². The summed E-state index contributed by atoms with van der Waals surface area (Å²) in [5.41, 5.74) is -1.63. The zero-order chi connectivity index (χ0) is 75.7. The first-order valence-corrected chi connectivity index (χ1v) is 36.9. The molecule has 5 aliphatic carbocycles. The van der Waals surface area contributed by atoms with Crippen LogP contribution in [-0.4, -0.2) is 345 Å². The Bertz CT molecular complexity index is 2950. The van der Waals surface area contributed by atoms with Gasteiger partial charge in [0.2, 0.25) is 6.29 Å². The fourth-order valence-electron chi connectivity index (χ4n) is 20.2. The van der Waals surface area contributed by atoms with Gasteiger partial charge in [-0.15, -0.1) is 0 Å². The normalized spacial score (nSPS) is 54.7. The highest BCUT2D eigenvalue weighted by Gasteiger charge is 2.71. The van der Waals surface area contributed by atoms with Gasteiger partial charge < -0.3 is 163 Å². The predicted molar refractivity (Wildman–Crippen MR) is 346 cm³/mol. The van der Waals surface area contributed by atoms with E-state index in [0.29, 0.717) is 44.9 Å². The van der Waals surface area contributed by atoms with Gasteiger partial charge in [0.25, 0.3) is 0 Å². The molecule has 34 nitrogen and oxygen atoms in total. The Morgan fingerprint density at radius 2 is 1.01 bits per heavy atom. The van der Waals surface area contributed by atoms with E-state index >= 15 is 4.79 Å². The third-order valence-electron chi connectivity index (χ3n) is 26.9. The maximum Gasteiger partial charge on any atom is 0.315 e. The van der Waals surface area contributed by atoms with E-state index in [0.717, 1.165) is 19.3 Å². The van der Waals surface area contributed by atoms with Crippen LogP contribution in [0.5, 0.6) is 0 Å². The van der Waals surface area contributed by atoms with Crippen LogP contribution in [0.4, 0.5) is 0 Å². The zero-order valence-electron chi connectivity index (χ0n) is 60.2. The van der Waals surface area contributed by atoms with Crippen LogP contribution in [0.3, 0.4) is 0 Å². The van der Waals surface area contributed by atoms with E-state index in [4.69, 9.17) is 66.3 Å². The van der Waals surface area contributed by atoms with Crippen molar-refractivity contribution in [1.82, 2.24) is 0 Å². The average Bonchev–Trinajstić information content (AvgIpc) is 0.675. The molecule has 7 aliphatic heterocycles. The van der Waals surface area contributed by atoms with E-state index < -0.39 is 257 Å². The third kappa shape index (κ3) is 14.3. The van der Waals surface area contributed by atoms with Crippen molar-refractivity contribution in [3.8, 4) is 0 Å². The summed E-state index contributed by atoms with van der Waals surface area (Å²) in [7, 11) is 0. The van der Waals surface area contributed by atoms with E-state index in [2.05, 4.69) is 54.5 Å². The summed E-state index contributed by atoms with van der Waals surface area (Å²) in [6.45, 7) is 15.6. The Labute approximate surface area is 602 Å². The van der Waals surface area contributed by atoms with Gasteiger partial charge in [-0.2, -0.15) is 0 Å². The fraction of sp³-hybridized carbons (Fsp3) is 0.957.